The van der Waals surface area contributed by atoms with Gasteiger partial charge in [-0.1, -0.05) is 29.4 Å². The molecule has 0 bridgehead atoms. The second kappa shape index (κ2) is 10.6. The van der Waals surface area contributed by atoms with Gasteiger partial charge in [0.25, 0.3) is 0 Å². The van der Waals surface area contributed by atoms with Gasteiger partial charge in [0.1, 0.15) is 0 Å². The summed E-state index contributed by atoms with van der Waals surface area (Å²) in [6, 6.07) is 9.02. The summed E-state index contributed by atoms with van der Waals surface area (Å²) in [5.74, 6) is 2.22. The van der Waals surface area contributed by atoms with Crippen LogP contribution in [0.5, 0.6) is 17.2 Å². The Kier molecular flexibility index (Phi) is 7.87. The third-order valence-electron chi connectivity index (χ3n) is 4.76. The van der Waals surface area contributed by atoms with Crippen molar-refractivity contribution in [1.82, 2.24) is 14.8 Å². The maximum absolute atomic E-state index is 12.5. The van der Waals surface area contributed by atoms with Crippen molar-refractivity contribution in [1.29, 1.82) is 0 Å². The van der Waals surface area contributed by atoms with Crippen LogP contribution in [0.1, 0.15) is 12.5 Å². The first kappa shape index (κ1) is 23.7. The normalized spacial score (nSPS) is 10.7. The summed E-state index contributed by atoms with van der Waals surface area (Å²) in [5, 5.41) is 12.7. The quantitative estimate of drug-likeness (QED) is 0.448. The van der Waals surface area contributed by atoms with Crippen LogP contribution in [0.3, 0.4) is 0 Å². The Morgan fingerprint density at radius 2 is 1.78 bits per heavy atom. The van der Waals surface area contributed by atoms with Crippen molar-refractivity contribution in [3.05, 3.63) is 40.9 Å². The highest BCUT2D eigenvalue weighted by atomic mass is 35.5. The average Bonchev–Trinajstić information content (AvgIpc) is 3.21. The number of aromatic nitrogens is 3. The van der Waals surface area contributed by atoms with E-state index in [0.717, 1.165) is 11.1 Å². The minimum Gasteiger partial charge on any atom is -0.493 e. The topological polar surface area (TPSA) is 87.5 Å². The highest BCUT2D eigenvalue weighted by Gasteiger charge is 2.20. The Labute approximate surface area is 196 Å². The van der Waals surface area contributed by atoms with E-state index in [4.69, 9.17) is 25.8 Å². The number of hydrogen-bond acceptors (Lipinski definition) is 7. The Hall–Kier alpha value is -2.91. The number of aryl methyl sites for hydroxylation is 1. The van der Waals surface area contributed by atoms with Gasteiger partial charge in [-0.15, -0.1) is 10.2 Å². The smallest absolute Gasteiger partial charge is 0.234 e. The van der Waals surface area contributed by atoms with Gasteiger partial charge in [0, 0.05) is 22.8 Å². The fraction of sp³-hybridized carbons (Fsp3) is 0.318. The van der Waals surface area contributed by atoms with E-state index in [2.05, 4.69) is 15.5 Å². The standard InChI is InChI=1S/C22H25ClN4O4S/c1-6-27-21(14-9-17(29-3)20(31-5)18(10-14)30-4)25-26-22(27)32-12-19(28)24-16-11-15(23)8-7-13(16)2/h7-11H,6,12H2,1-5H3,(H,24,28). The number of nitrogens with one attached hydrogen (secondary N) is 1. The molecular formula is C22H25ClN4O4S. The molecule has 170 valence electrons. The molecule has 0 radical (unpaired) electrons. The van der Waals surface area contributed by atoms with Gasteiger partial charge in [-0.05, 0) is 43.7 Å². The molecule has 3 rings (SSSR count). The first-order chi connectivity index (χ1) is 15.4. The molecule has 3 aromatic rings. The van der Waals surface area contributed by atoms with Crippen LogP contribution in [0.15, 0.2) is 35.5 Å². The molecule has 0 saturated carbocycles. The molecule has 32 heavy (non-hydrogen) atoms. The summed E-state index contributed by atoms with van der Waals surface area (Å²) >= 11 is 7.34. The number of carbonyl (C=O) groups is 1. The Balaban J connectivity index is 1.81. The van der Waals surface area contributed by atoms with Gasteiger partial charge in [-0.25, -0.2) is 0 Å². The van der Waals surface area contributed by atoms with Gasteiger partial charge < -0.3 is 24.1 Å². The van der Waals surface area contributed by atoms with Crippen molar-refractivity contribution < 1.29 is 19.0 Å². The van der Waals surface area contributed by atoms with Crippen LogP contribution in [0.4, 0.5) is 5.69 Å². The molecule has 1 aromatic heterocycles. The molecular weight excluding hydrogens is 452 g/mol. The van der Waals surface area contributed by atoms with Crippen molar-refractivity contribution in [3.63, 3.8) is 0 Å². The molecule has 10 heteroatoms. The van der Waals surface area contributed by atoms with E-state index in [0.29, 0.717) is 45.5 Å². The van der Waals surface area contributed by atoms with Crippen LogP contribution < -0.4 is 19.5 Å². The largest absolute Gasteiger partial charge is 0.493 e. The highest BCUT2D eigenvalue weighted by Crippen LogP contribution is 2.41. The Morgan fingerprint density at radius 1 is 1.09 bits per heavy atom. The zero-order valence-electron chi connectivity index (χ0n) is 18.6. The van der Waals surface area contributed by atoms with E-state index in [9.17, 15) is 4.79 Å². The molecule has 2 aromatic carbocycles. The molecule has 0 unspecified atom stereocenters. The van der Waals surface area contributed by atoms with E-state index >= 15 is 0 Å². The van der Waals surface area contributed by atoms with Crippen LogP contribution in [0.2, 0.25) is 5.02 Å². The second-order valence-corrected chi connectivity index (χ2v) is 8.14. The summed E-state index contributed by atoms with van der Waals surface area (Å²) in [7, 11) is 4.68. The van der Waals surface area contributed by atoms with Crippen LogP contribution in [-0.4, -0.2) is 47.8 Å². The van der Waals surface area contributed by atoms with E-state index in [1.807, 2.05) is 36.6 Å². The molecule has 0 aliphatic heterocycles. The maximum atomic E-state index is 12.5. The molecule has 0 atom stereocenters. The van der Waals surface area contributed by atoms with Crippen molar-refractivity contribution in [2.24, 2.45) is 0 Å². The van der Waals surface area contributed by atoms with Crippen LogP contribution in [0, 0.1) is 6.92 Å². The number of hydrogen-bond donors (Lipinski definition) is 1. The van der Waals surface area contributed by atoms with Gasteiger partial charge in [0.05, 0.1) is 27.1 Å². The number of rotatable bonds is 9. The number of halogens is 1. The first-order valence-electron chi connectivity index (χ1n) is 9.84. The van der Waals surface area contributed by atoms with Crippen molar-refractivity contribution >= 4 is 35.0 Å². The van der Waals surface area contributed by atoms with E-state index < -0.39 is 0 Å². The van der Waals surface area contributed by atoms with Crippen LogP contribution in [-0.2, 0) is 11.3 Å². The zero-order chi connectivity index (χ0) is 23.3. The number of amides is 1. The summed E-state index contributed by atoms with van der Waals surface area (Å²) in [4.78, 5) is 12.5. The van der Waals surface area contributed by atoms with Crippen molar-refractivity contribution in [2.45, 2.75) is 25.5 Å². The third kappa shape index (κ3) is 5.11. The maximum Gasteiger partial charge on any atom is 0.234 e. The average molecular weight is 477 g/mol. The van der Waals surface area contributed by atoms with E-state index in [-0.39, 0.29) is 11.7 Å². The van der Waals surface area contributed by atoms with Gasteiger partial charge in [0.15, 0.2) is 22.5 Å². The lowest BCUT2D eigenvalue weighted by Crippen LogP contribution is -2.15. The predicted octanol–water partition coefficient (Wildman–Crippen LogP) is 4.68. The Morgan fingerprint density at radius 3 is 2.38 bits per heavy atom. The monoisotopic (exact) mass is 476 g/mol. The fourth-order valence-electron chi connectivity index (χ4n) is 3.15. The Bertz CT molecular complexity index is 1090. The van der Waals surface area contributed by atoms with Gasteiger partial charge in [0.2, 0.25) is 11.7 Å². The third-order valence-corrected chi connectivity index (χ3v) is 5.96. The minimum atomic E-state index is -0.152. The number of ether oxygens (including phenoxy) is 3. The SMILES string of the molecule is CCn1c(SCC(=O)Nc2cc(Cl)ccc2C)nnc1-c1cc(OC)c(OC)c(OC)c1. The zero-order valence-corrected chi connectivity index (χ0v) is 20.1. The number of nitrogens with zero attached hydrogens (tertiary/aromatic N) is 3. The highest BCUT2D eigenvalue weighted by molar-refractivity contribution is 7.99. The summed E-state index contributed by atoms with van der Waals surface area (Å²) in [6.07, 6.45) is 0. The molecule has 0 saturated heterocycles. The number of benzene rings is 2. The number of thioether (sulfide) groups is 1. The molecule has 0 aliphatic carbocycles. The van der Waals surface area contributed by atoms with Gasteiger partial charge in [-0.3, -0.25) is 4.79 Å². The van der Waals surface area contributed by atoms with Crippen LogP contribution in [0.25, 0.3) is 11.4 Å². The van der Waals surface area contributed by atoms with E-state index in [1.54, 1.807) is 33.5 Å². The number of anilines is 1. The summed E-state index contributed by atoms with van der Waals surface area (Å²) in [5.41, 5.74) is 2.40. The number of carbonyl (C=O) groups excluding carboxylic acids is 1. The molecule has 1 N–H and O–H groups in total. The molecule has 1 heterocycles. The lowest BCUT2D eigenvalue weighted by molar-refractivity contribution is -0.113. The minimum absolute atomic E-state index is 0.152. The van der Waals surface area contributed by atoms with Crippen LogP contribution >= 0.6 is 23.4 Å². The molecule has 8 nitrogen and oxygen atoms in total. The van der Waals surface area contributed by atoms with Gasteiger partial charge >= 0.3 is 0 Å². The van der Waals surface area contributed by atoms with E-state index in [1.165, 1.54) is 11.8 Å². The lowest BCUT2D eigenvalue weighted by Gasteiger charge is -2.14. The van der Waals surface area contributed by atoms with Gasteiger partial charge in [-0.2, -0.15) is 0 Å². The van der Waals surface area contributed by atoms with Crippen molar-refractivity contribution in [3.8, 4) is 28.6 Å². The molecule has 1 amide bonds. The fourth-order valence-corrected chi connectivity index (χ4v) is 4.12. The molecule has 0 aliphatic rings. The first-order valence-corrected chi connectivity index (χ1v) is 11.2. The molecule has 0 fully saturated rings. The predicted molar refractivity (Wildman–Crippen MR) is 126 cm³/mol. The number of methoxy groups -OCH3 is 3. The summed E-state index contributed by atoms with van der Waals surface area (Å²) < 4.78 is 18.2. The molecule has 0 spiro atoms. The lowest BCUT2D eigenvalue weighted by atomic mass is 10.1. The second-order valence-electron chi connectivity index (χ2n) is 6.76. The summed E-state index contributed by atoms with van der Waals surface area (Å²) in [6.45, 7) is 4.52. The van der Waals surface area contributed by atoms with Crippen molar-refractivity contribution in [2.75, 3.05) is 32.4 Å².